The smallest absolute Gasteiger partial charge is 0.338 e. The highest BCUT2D eigenvalue weighted by Crippen LogP contribution is 2.30. The van der Waals surface area contributed by atoms with Crippen LogP contribution in [0.25, 0.3) is 0 Å². The van der Waals surface area contributed by atoms with Crippen molar-refractivity contribution in [2.45, 2.75) is 6.92 Å². The highest BCUT2D eigenvalue weighted by Gasteiger charge is 2.37. The number of esters is 1. The van der Waals surface area contributed by atoms with Crippen molar-refractivity contribution >= 4 is 29.3 Å². The first-order valence-electron chi connectivity index (χ1n) is 10.1. The molecule has 3 aromatic rings. The normalized spacial score (nSPS) is 12.5. The third-order valence-electron chi connectivity index (χ3n) is 5.03. The van der Waals surface area contributed by atoms with Gasteiger partial charge in [0.05, 0.1) is 29.0 Å². The maximum Gasteiger partial charge on any atom is 0.338 e. The average molecular weight is 447 g/mol. The maximum atomic E-state index is 13.0. The van der Waals surface area contributed by atoms with Crippen LogP contribution in [0.15, 0.2) is 66.7 Å². The molecule has 0 spiro atoms. The van der Waals surface area contributed by atoms with Crippen molar-refractivity contribution in [2.75, 3.05) is 18.1 Å². The predicted molar refractivity (Wildman–Crippen MR) is 116 cm³/mol. The lowest BCUT2D eigenvalue weighted by atomic mass is 10.1. The fourth-order valence-electron chi connectivity index (χ4n) is 3.39. The lowest BCUT2D eigenvalue weighted by molar-refractivity contribution is 0.0474. The van der Waals surface area contributed by atoms with E-state index in [0.717, 1.165) is 17.0 Å². The van der Waals surface area contributed by atoms with E-state index in [-0.39, 0.29) is 22.3 Å². The van der Waals surface area contributed by atoms with Crippen LogP contribution in [0.1, 0.15) is 48.4 Å². The number of Topliss-reactive ketones (excluding diaryl/α,β-unsaturated/α-hetero) is 1. The summed E-state index contributed by atoms with van der Waals surface area (Å²) in [6, 6.07) is 15.4. The van der Waals surface area contributed by atoms with E-state index >= 15 is 0 Å². The molecule has 166 valence electrons. The van der Waals surface area contributed by atoms with Gasteiger partial charge in [0.2, 0.25) is 0 Å². The summed E-state index contributed by atoms with van der Waals surface area (Å²) in [5, 5.41) is 0. The first-order valence-corrected chi connectivity index (χ1v) is 10.1. The zero-order chi connectivity index (χ0) is 23.5. The quantitative estimate of drug-likeness (QED) is 0.308. The van der Waals surface area contributed by atoms with Gasteiger partial charge < -0.3 is 9.47 Å². The largest absolute Gasteiger partial charge is 0.494 e. The summed E-state index contributed by atoms with van der Waals surface area (Å²) >= 11 is 0. The molecule has 0 saturated heterocycles. The SMILES string of the molecule is CCOc1ccc(N2C(=O)c3ccc(C(=O)OCC(=O)c4ccc(F)cc4)cc3C2=O)cc1. The molecule has 4 rings (SSSR count). The minimum Gasteiger partial charge on any atom is -0.494 e. The number of anilines is 1. The van der Waals surface area contributed by atoms with Gasteiger partial charge in [0.15, 0.2) is 12.4 Å². The van der Waals surface area contributed by atoms with Gasteiger partial charge in [-0.2, -0.15) is 0 Å². The van der Waals surface area contributed by atoms with Gasteiger partial charge in [0.1, 0.15) is 11.6 Å². The number of hydrogen-bond donors (Lipinski definition) is 0. The molecule has 0 saturated carbocycles. The Kier molecular flexibility index (Phi) is 5.99. The number of amides is 2. The zero-order valence-corrected chi connectivity index (χ0v) is 17.5. The third kappa shape index (κ3) is 4.36. The molecule has 0 bridgehead atoms. The molecular weight excluding hydrogens is 429 g/mol. The van der Waals surface area contributed by atoms with Crippen LogP contribution in [0.5, 0.6) is 5.75 Å². The number of ether oxygens (including phenoxy) is 2. The molecule has 1 heterocycles. The van der Waals surface area contributed by atoms with Gasteiger partial charge >= 0.3 is 5.97 Å². The van der Waals surface area contributed by atoms with Gasteiger partial charge in [-0.05, 0) is 73.7 Å². The van der Waals surface area contributed by atoms with Crippen LogP contribution in [0.4, 0.5) is 10.1 Å². The first kappa shape index (κ1) is 21.9. The molecule has 7 nitrogen and oxygen atoms in total. The fourth-order valence-corrected chi connectivity index (χ4v) is 3.39. The number of benzene rings is 3. The Morgan fingerprint density at radius 2 is 1.48 bits per heavy atom. The van der Waals surface area contributed by atoms with Crippen molar-refractivity contribution < 1.29 is 33.0 Å². The van der Waals surface area contributed by atoms with Crippen molar-refractivity contribution in [1.29, 1.82) is 0 Å². The summed E-state index contributed by atoms with van der Waals surface area (Å²) in [5.74, 6) is -2.29. The molecule has 0 radical (unpaired) electrons. The van der Waals surface area contributed by atoms with Crippen LogP contribution in [0, 0.1) is 5.82 Å². The van der Waals surface area contributed by atoms with E-state index in [4.69, 9.17) is 9.47 Å². The van der Waals surface area contributed by atoms with Crippen LogP contribution in [0.2, 0.25) is 0 Å². The summed E-state index contributed by atoms with van der Waals surface area (Å²) < 4.78 is 23.4. The minimum atomic E-state index is -0.826. The summed E-state index contributed by atoms with van der Waals surface area (Å²) in [5.41, 5.74) is 0.819. The molecule has 0 fully saturated rings. The Hall–Kier alpha value is -4.33. The minimum absolute atomic E-state index is 0.0235. The second-order valence-electron chi connectivity index (χ2n) is 7.14. The summed E-state index contributed by atoms with van der Waals surface area (Å²) in [7, 11) is 0. The summed E-state index contributed by atoms with van der Waals surface area (Å²) in [6.45, 7) is 1.78. The Morgan fingerprint density at radius 3 is 2.15 bits per heavy atom. The molecule has 33 heavy (non-hydrogen) atoms. The van der Waals surface area contributed by atoms with Gasteiger partial charge in [-0.25, -0.2) is 14.1 Å². The molecule has 2 amide bonds. The van der Waals surface area contributed by atoms with Crippen LogP contribution >= 0.6 is 0 Å². The number of nitrogens with zero attached hydrogens (tertiary/aromatic N) is 1. The summed E-state index contributed by atoms with van der Waals surface area (Å²) in [6.07, 6.45) is 0. The molecule has 3 aromatic carbocycles. The van der Waals surface area contributed by atoms with E-state index in [9.17, 15) is 23.6 Å². The number of imide groups is 1. The second-order valence-corrected chi connectivity index (χ2v) is 7.14. The van der Waals surface area contributed by atoms with Crippen LogP contribution in [-0.4, -0.2) is 36.8 Å². The lowest BCUT2D eigenvalue weighted by Gasteiger charge is -2.14. The van der Waals surface area contributed by atoms with Gasteiger partial charge in [-0.15, -0.1) is 0 Å². The Balaban J connectivity index is 1.48. The molecule has 8 heteroatoms. The lowest BCUT2D eigenvalue weighted by Crippen LogP contribution is -2.29. The number of carbonyl (C=O) groups excluding carboxylic acids is 4. The van der Waals surface area contributed by atoms with Crippen molar-refractivity contribution in [3.63, 3.8) is 0 Å². The standard InChI is InChI=1S/C25H18FNO6/c1-2-32-19-10-8-18(9-11-19)27-23(29)20-12-5-16(13-21(20)24(27)30)25(31)33-14-22(28)15-3-6-17(26)7-4-15/h3-13H,2,14H2,1H3. The molecule has 1 aliphatic rings. The number of rotatable bonds is 7. The Labute approximate surface area is 188 Å². The van der Waals surface area contributed by atoms with Crippen molar-refractivity contribution in [1.82, 2.24) is 0 Å². The van der Waals surface area contributed by atoms with E-state index in [1.807, 2.05) is 6.92 Å². The molecule has 0 unspecified atom stereocenters. The monoisotopic (exact) mass is 447 g/mol. The number of carbonyl (C=O) groups is 4. The molecule has 1 aliphatic heterocycles. The van der Waals surface area contributed by atoms with Gasteiger partial charge in [-0.3, -0.25) is 14.4 Å². The van der Waals surface area contributed by atoms with Gasteiger partial charge in [0, 0.05) is 5.56 Å². The van der Waals surface area contributed by atoms with E-state index in [1.165, 1.54) is 30.3 Å². The topological polar surface area (TPSA) is 90.0 Å². The van der Waals surface area contributed by atoms with E-state index in [1.54, 1.807) is 24.3 Å². The van der Waals surface area contributed by atoms with Crippen LogP contribution in [-0.2, 0) is 4.74 Å². The fraction of sp³-hybridized carbons (Fsp3) is 0.120. The van der Waals surface area contributed by atoms with Crippen molar-refractivity contribution in [3.05, 3.63) is 94.8 Å². The number of halogens is 1. The zero-order valence-electron chi connectivity index (χ0n) is 17.5. The molecule has 0 aromatic heterocycles. The number of fused-ring (bicyclic) bond motifs is 1. The molecule has 0 N–H and O–H groups in total. The van der Waals surface area contributed by atoms with E-state index in [2.05, 4.69) is 0 Å². The van der Waals surface area contributed by atoms with Crippen molar-refractivity contribution in [2.24, 2.45) is 0 Å². The average Bonchev–Trinajstić information content (AvgIpc) is 3.08. The van der Waals surface area contributed by atoms with Crippen LogP contribution in [0.3, 0.4) is 0 Å². The summed E-state index contributed by atoms with van der Waals surface area (Å²) in [4.78, 5) is 51.3. The molecule has 0 atom stereocenters. The van der Waals surface area contributed by atoms with Gasteiger partial charge in [-0.1, -0.05) is 0 Å². The first-order chi connectivity index (χ1) is 15.9. The molecular formula is C25H18FNO6. The number of hydrogen-bond acceptors (Lipinski definition) is 6. The van der Waals surface area contributed by atoms with Gasteiger partial charge in [0.25, 0.3) is 11.8 Å². The number of ketones is 1. The predicted octanol–water partition coefficient (Wildman–Crippen LogP) is 4.06. The highest BCUT2D eigenvalue weighted by atomic mass is 19.1. The van der Waals surface area contributed by atoms with Crippen LogP contribution < -0.4 is 9.64 Å². The third-order valence-corrected chi connectivity index (χ3v) is 5.03. The molecule has 0 aliphatic carbocycles. The Morgan fingerprint density at radius 1 is 0.848 bits per heavy atom. The Bertz CT molecular complexity index is 1250. The second kappa shape index (κ2) is 9.04. The van der Waals surface area contributed by atoms with E-state index < -0.39 is 36.0 Å². The van der Waals surface area contributed by atoms with Crippen molar-refractivity contribution in [3.8, 4) is 5.75 Å². The highest BCUT2D eigenvalue weighted by molar-refractivity contribution is 6.34. The van der Waals surface area contributed by atoms with E-state index in [0.29, 0.717) is 18.0 Å². The maximum absolute atomic E-state index is 13.0.